The second kappa shape index (κ2) is 6.33. The Morgan fingerprint density at radius 1 is 1.65 bits per heavy atom. The Labute approximate surface area is 104 Å². The molecule has 0 radical (unpaired) electrons. The maximum atomic E-state index is 11.3. The molecule has 0 aromatic rings. The fourth-order valence-electron chi connectivity index (χ4n) is 2.12. The molecule has 1 aliphatic rings. The number of carbonyl (C=O) groups excluding carboxylic acids is 1. The van der Waals surface area contributed by atoms with Crippen LogP contribution in [0.4, 0.5) is 0 Å². The van der Waals surface area contributed by atoms with Gasteiger partial charge in [0.15, 0.2) is 0 Å². The zero-order valence-electron chi connectivity index (χ0n) is 11.2. The van der Waals surface area contributed by atoms with Crippen LogP contribution in [0.25, 0.3) is 0 Å². The van der Waals surface area contributed by atoms with E-state index in [2.05, 4.69) is 17.1 Å². The molecule has 0 spiro atoms. The Morgan fingerprint density at radius 2 is 2.35 bits per heavy atom. The van der Waals surface area contributed by atoms with E-state index in [-0.39, 0.29) is 5.91 Å². The number of morpholine rings is 1. The second-order valence-corrected chi connectivity index (χ2v) is 5.03. The highest BCUT2D eigenvalue weighted by Crippen LogP contribution is 2.13. The van der Waals surface area contributed by atoms with Crippen LogP contribution in [0.3, 0.4) is 0 Å². The summed E-state index contributed by atoms with van der Waals surface area (Å²) in [6, 6.07) is 0. The van der Waals surface area contributed by atoms with E-state index < -0.39 is 5.54 Å². The van der Waals surface area contributed by atoms with Crippen LogP contribution >= 0.6 is 0 Å². The van der Waals surface area contributed by atoms with Crippen molar-refractivity contribution in [1.29, 1.82) is 0 Å². The molecule has 1 saturated heterocycles. The molecule has 0 aliphatic carbocycles. The normalized spacial score (nSPS) is 25.5. The van der Waals surface area contributed by atoms with Gasteiger partial charge in [-0.3, -0.25) is 9.69 Å². The zero-order valence-corrected chi connectivity index (χ0v) is 11.2. The summed E-state index contributed by atoms with van der Waals surface area (Å²) >= 11 is 0. The summed E-state index contributed by atoms with van der Waals surface area (Å²) in [5, 5.41) is 3.01. The topological polar surface area (TPSA) is 67.6 Å². The molecule has 1 heterocycles. The van der Waals surface area contributed by atoms with E-state index >= 15 is 0 Å². The lowest BCUT2D eigenvalue weighted by Gasteiger charge is -2.32. The minimum atomic E-state index is -0.585. The molecule has 2 unspecified atom stereocenters. The average Bonchev–Trinajstić information content (AvgIpc) is 2.28. The van der Waals surface area contributed by atoms with E-state index in [0.717, 1.165) is 39.1 Å². The summed E-state index contributed by atoms with van der Waals surface area (Å²) in [7, 11) is 1.78. The predicted molar refractivity (Wildman–Crippen MR) is 67.7 cm³/mol. The minimum Gasteiger partial charge on any atom is -0.376 e. The average molecular weight is 243 g/mol. The Bertz CT molecular complexity index is 260. The highest BCUT2D eigenvalue weighted by molar-refractivity contribution is 5.84. The van der Waals surface area contributed by atoms with Crippen LogP contribution in [0, 0.1) is 0 Å². The second-order valence-electron chi connectivity index (χ2n) is 5.03. The van der Waals surface area contributed by atoms with Gasteiger partial charge in [0.2, 0.25) is 5.91 Å². The van der Waals surface area contributed by atoms with Crippen molar-refractivity contribution in [1.82, 2.24) is 10.2 Å². The number of rotatable bonds is 6. The van der Waals surface area contributed by atoms with Crippen LogP contribution in [-0.2, 0) is 9.53 Å². The van der Waals surface area contributed by atoms with Crippen molar-refractivity contribution < 1.29 is 9.53 Å². The van der Waals surface area contributed by atoms with Crippen molar-refractivity contribution in [2.24, 2.45) is 5.73 Å². The number of amides is 1. The van der Waals surface area contributed by atoms with Crippen molar-refractivity contribution in [2.45, 2.75) is 38.3 Å². The Hall–Kier alpha value is -0.650. The van der Waals surface area contributed by atoms with Gasteiger partial charge in [-0.15, -0.1) is 0 Å². The molecule has 0 bridgehead atoms. The molecule has 0 aromatic heterocycles. The first-order valence-electron chi connectivity index (χ1n) is 6.31. The molecule has 3 N–H and O–H groups in total. The van der Waals surface area contributed by atoms with Crippen LogP contribution in [0.15, 0.2) is 0 Å². The van der Waals surface area contributed by atoms with Crippen LogP contribution in [0.2, 0.25) is 0 Å². The van der Waals surface area contributed by atoms with Gasteiger partial charge in [0.1, 0.15) is 0 Å². The summed E-state index contributed by atoms with van der Waals surface area (Å²) in [6.45, 7) is 7.72. The monoisotopic (exact) mass is 243 g/mol. The molecule has 0 aromatic carbocycles. The molecular weight excluding hydrogens is 218 g/mol. The van der Waals surface area contributed by atoms with Gasteiger partial charge in [-0.25, -0.2) is 0 Å². The van der Waals surface area contributed by atoms with E-state index in [4.69, 9.17) is 10.5 Å². The number of primary amides is 1. The lowest BCUT2D eigenvalue weighted by atomic mass is 9.95. The maximum Gasteiger partial charge on any atom is 0.237 e. The molecule has 100 valence electrons. The standard InChI is InChI=1S/C12H25N3O2/c1-10-9-15(7-8-17-10)6-4-5-12(2,14-3)11(13)16/h10,14H,4-9H2,1-3H3,(H2,13,16). The number of ether oxygens (including phenoxy) is 1. The van der Waals surface area contributed by atoms with Crippen molar-refractivity contribution in [2.75, 3.05) is 33.3 Å². The molecule has 5 nitrogen and oxygen atoms in total. The van der Waals surface area contributed by atoms with E-state index in [9.17, 15) is 4.79 Å². The van der Waals surface area contributed by atoms with Gasteiger partial charge in [0.25, 0.3) is 0 Å². The fourth-order valence-corrected chi connectivity index (χ4v) is 2.12. The van der Waals surface area contributed by atoms with Crippen molar-refractivity contribution in [3.8, 4) is 0 Å². The zero-order chi connectivity index (χ0) is 12.9. The summed E-state index contributed by atoms with van der Waals surface area (Å²) in [5.41, 5.74) is 4.80. The first-order chi connectivity index (χ1) is 7.98. The number of hydrogen-bond donors (Lipinski definition) is 2. The Balaban J connectivity index is 2.29. The summed E-state index contributed by atoms with van der Waals surface area (Å²) < 4.78 is 5.49. The third-order valence-electron chi connectivity index (χ3n) is 3.57. The molecule has 2 atom stereocenters. The van der Waals surface area contributed by atoms with Crippen LogP contribution in [0.5, 0.6) is 0 Å². The minimum absolute atomic E-state index is 0.282. The number of nitrogens with one attached hydrogen (secondary N) is 1. The van der Waals surface area contributed by atoms with Gasteiger partial charge in [-0.2, -0.15) is 0 Å². The lowest BCUT2D eigenvalue weighted by Crippen LogP contribution is -2.52. The number of carbonyl (C=O) groups is 1. The molecule has 17 heavy (non-hydrogen) atoms. The van der Waals surface area contributed by atoms with Crippen LogP contribution in [0.1, 0.15) is 26.7 Å². The maximum absolute atomic E-state index is 11.3. The van der Waals surface area contributed by atoms with Crippen LogP contribution < -0.4 is 11.1 Å². The molecule has 1 amide bonds. The Morgan fingerprint density at radius 3 is 2.88 bits per heavy atom. The summed E-state index contributed by atoms with van der Waals surface area (Å²) in [4.78, 5) is 13.7. The third-order valence-corrected chi connectivity index (χ3v) is 3.57. The number of likely N-dealkylation sites (N-methyl/N-ethyl adjacent to an activating group) is 1. The fraction of sp³-hybridized carbons (Fsp3) is 0.917. The SMILES string of the molecule is CNC(C)(CCCN1CCOC(C)C1)C(N)=O. The smallest absolute Gasteiger partial charge is 0.237 e. The van der Waals surface area contributed by atoms with Crippen molar-refractivity contribution in [3.05, 3.63) is 0 Å². The number of hydrogen-bond acceptors (Lipinski definition) is 4. The quantitative estimate of drug-likeness (QED) is 0.686. The van der Waals surface area contributed by atoms with E-state index in [1.165, 1.54) is 0 Å². The van der Waals surface area contributed by atoms with E-state index in [0.29, 0.717) is 6.10 Å². The Kier molecular flexibility index (Phi) is 5.36. The first kappa shape index (κ1) is 14.4. The predicted octanol–water partition coefficient (Wildman–Crippen LogP) is -0.0493. The molecule has 1 fully saturated rings. The highest BCUT2D eigenvalue weighted by atomic mass is 16.5. The third kappa shape index (κ3) is 4.26. The van der Waals surface area contributed by atoms with E-state index in [1.807, 2.05) is 6.92 Å². The molecule has 1 rings (SSSR count). The molecule has 0 saturated carbocycles. The van der Waals surface area contributed by atoms with Gasteiger partial charge < -0.3 is 15.8 Å². The molecular formula is C12H25N3O2. The van der Waals surface area contributed by atoms with Crippen molar-refractivity contribution >= 4 is 5.91 Å². The summed E-state index contributed by atoms with van der Waals surface area (Å²) in [5.74, 6) is -0.282. The molecule has 5 heteroatoms. The number of nitrogens with zero attached hydrogens (tertiary/aromatic N) is 1. The largest absolute Gasteiger partial charge is 0.376 e. The van der Waals surface area contributed by atoms with Gasteiger partial charge in [-0.05, 0) is 40.3 Å². The first-order valence-corrected chi connectivity index (χ1v) is 6.31. The lowest BCUT2D eigenvalue weighted by molar-refractivity contribution is -0.124. The van der Waals surface area contributed by atoms with Gasteiger partial charge in [0, 0.05) is 13.1 Å². The molecule has 1 aliphatic heterocycles. The highest BCUT2D eigenvalue weighted by Gasteiger charge is 2.28. The van der Waals surface area contributed by atoms with Gasteiger partial charge in [0.05, 0.1) is 18.2 Å². The summed E-state index contributed by atoms with van der Waals surface area (Å²) in [6.07, 6.45) is 2.05. The van der Waals surface area contributed by atoms with E-state index in [1.54, 1.807) is 7.05 Å². The van der Waals surface area contributed by atoms with Crippen LogP contribution in [-0.4, -0.2) is 55.7 Å². The number of nitrogens with two attached hydrogens (primary N) is 1. The van der Waals surface area contributed by atoms with Gasteiger partial charge in [-0.1, -0.05) is 0 Å². The van der Waals surface area contributed by atoms with Crippen molar-refractivity contribution in [3.63, 3.8) is 0 Å². The van der Waals surface area contributed by atoms with Gasteiger partial charge >= 0.3 is 0 Å².